The molecule has 0 saturated heterocycles. The van der Waals surface area contributed by atoms with Gasteiger partial charge in [0.05, 0.1) is 0 Å². The van der Waals surface area contributed by atoms with Gasteiger partial charge in [0.25, 0.3) is 0 Å². The van der Waals surface area contributed by atoms with Crippen LogP contribution in [0.3, 0.4) is 0 Å². The lowest BCUT2D eigenvalue weighted by molar-refractivity contribution is 1.73. The summed E-state index contributed by atoms with van der Waals surface area (Å²) in [5, 5.41) is 0. The molecule has 0 saturated carbocycles. The molecule has 23 heavy (non-hydrogen) atoms. The molecule has 0 amide bonds. The fourth-order valence-corrected chi connectivity index (χ4v) is 1.28. The summed E-state index contributed by atoms with van der Waals surface area (Å²) in [4.78, 5) is 0. The maximum atomic E-state index is 3.60. The summed E-state index contributed by atoms with van der Waals surface area (Å²) in [5.41, 5.74) is 0. The molecule has 0 aromatic rings. The second-order valence-electron chi connectivity index (χ2n) is 4.23. The Labute approximate surface area is 141 Å². The summed E-state index contributed by atoms with van der Waals surface area (Å²) >= 11 is 0. The zero-order chi connectivity index (χ0) is 16.8. The molecule has 0 unspecified atom stereocenters. The van der Waals surface area contributed by atoms with Crippen LogP contribution >= 0.6 is 0 Å². The van der Waals surface area contributed by atoms with Crippen molar-refractivity contribution in [1.29, 1.82) is 0 Å². The molecule has 118 valence electrons. The Kier molecular flexibility index (Phi) is 16.8. The van der Waals surface area contributed by atoms with Gasteiger partial charge in [-0.15, -0.1) is 0 Å². The van der Waals surface area contributed by atoms with Crippen LogP contribution in [-0.4, -0.2) is 0 Å². The third-order valence-corrected chi connectivity index (χ3v) is 2.33. The molecule has 0 atom stereocenters. The van der Waals surface area contributed by atoms with E-state index in [4.69, 9.17) is 0 Å². The molecule has 0 rings (SSSR count). The Morgan fingerprint density at radius 2 is 0.565 bits per heavy atom. The van der Waals surface area contributed by atoms with Crippen LogP contribution in [0.1, 0.15) is 6.92 Å². The van der Waals surface area contributed by atoms with Crippen LogP contribution < -0.4 is 0 Å². The quantitative estimate of drug-likeness (QED) is 0.391. The molecular weight excluding hydrogens is 276 g/mol. The summed E-state index contributed by atoms with van der Waals surface area (Å²) < 4.78 is 0. The van der Waals surface area contributed by atoms with E-state index in [0.717, 1.165) is 0 Å². The van der Waals surface area contributed by atoms with E-state index in [0.29, 0.717) is 0 Å². The van der Waals surface area contributed by atoms with E-state index in [-0.39, 0.29) is 0 Å². The summed E-state index contributed by atoms with van der Waals surface area (Å²) in [7, 11) is 0. The molecule has 0 fully saturated rings. The Hall–Kier alpha value is -2.86. The van der Waals surface area contributed by atoms with Crippen LogP contribution in [0.4, 0.5) is 0 Å². The van der Waals surface area contributed by atoms with Gasteiger partial charge in [0.15, 0.2) is 0 Å². The van der Waals surface area contributed by atoms with Gasteiger partial charge in [-0.3, -0.25) is 0 Å². The minimum atomic E-state index is 1.75. The zero-order valence-corrected chi connectivity index (χ0v) is 13.8. The molecule has 0 aliphatic carbocycles. The molecule has 0 bridgehead atoms. The van der Waals surface area contributed by atoms with Crippen LogP contribution in [-0.2, 0) is 0 Å². The van der Waals surface area contributed by atoms with E-state index in [2.05, 4.69) is 6.58 Å². The van der Waals surface area contributed by atoms with Crippen molar-refractivity contribution in [2.45, 2.75) is 6.92 Å². The average Bonchev–Trinajstić information content (AvgIpc) is 2.57. The largest absolute Gasteiger partial charge is 0.0991 e. The second kappa shape index (κ2) is 19.1. The third-order valence-electron chi connectivity index (χ3n) is 2.33. The molecular formula is C23H26. The molecule has 0 aliphatic rings. The summed E-state index contributed by atoms with van der Waals surface area (Å²) in [6.45, 7) is 5.60. The van der Waals surface area contributed by atoms with Crippen molar-refractivity contribution in [3.05, 3.63) is 134 Å². The Morgan fingerprint density at radius 3 is 0.783 bits per heavy atom. The second-order valence-corrected chi connectivity index (χ2v) is 4.23. The van der Waals surface area contributed by atoms with Crippen molar-refractivity contribution < 1.29 is 0 Å². The van der Waals surface area contributed by atoms with Gasteiger partial charge >= 0.3 is 0 Å². The van der Waals surface area contributed by atoms with E-state index in [1.54, 1.807) is 6.08 Å². The highest BCUT2D eigenvalue weighted by Gasteiger charge is 1.65. The minimum Gasteiger partial charge on any atom is -0.0991 e. The number of rotatable bonds is 10. The first kappa shape index (κ1) is 20.1. The molecule has 0 aliphatic heterocycles. The monoisotopic (exact) mass is 302 g/mol. The molecule has 0 aromatic heterocycles. The SMILES string of the molecule is C=C/C=C/C=C/C=C/C=C/C=C/C=C/C=C/C=C/C=C/C=C/C. The van der Waals surface area contributed by atoms with E-state index in [9.17, 15) is 0 Å². The topological polar surface area (TPSA) is 0 Å². The molecule has 0 nitrogen and oxygen atoms in total. The van der Waals surface area contributed by atoms with Crippen LogP contribution in [0.25, 0.3) is 0 Å². The lowest BCUT2D eigenvalue weighted by atomic mass is 10.3. The predicted molar refractivity (Wildman–Crippen MR) is 107 cm³/mol. The Morgan fingerprint density at radius 1 is 0.348 bits per heavy atom. The van der Waals surface area contributed by atoms with E-state index in [1.165, 1.54) is 0 Å². The van der Waals surface area contributed by atoms with Gasteiger partial charge in [-0.05, 0) is 6.92 Å². The van der Waals surface area contributed by atoms with Gasteiger partial charge in [-0.25, -0.2) is 0 Å². The molecule has 0 aromatic carbocycles. The number of allylic oxidation sites excluding steroid dienone is 21. The lowest BCUT2D eigenvalue weighted by Crippen LogP contribution is -1.54. The molecule has 0 N–H and O–H groups in total. The summed E-state index contributed by atoms with van der Waals surface area (Å²) in [5.74, 6) is 0. The molecule has 0 spiro atoms. The van der Waals surface area contributed by atoms with Gasteiger partial charge in [0.1, 0.15) is 0 Å². The zero-order valence-electron chi connectivity index (χ0n) is 13.8. The van der Waals surface area contributed by atoms with Gasteiger partial charge in [-0.2, -0.15) is 0 Å². The highest BCUT2D eigenvalue weighted by molar-refractivity contribution is 5.22. The highest BCUT2D eigenvalue weighted by atomic mass is 13.7. The van der Waals surface area contributed by atoms with Crippen LogP contribution in [0.5, 0.6) is 0 Å². The lowest BCUT2D eigenvalue weighted by Gasteiger charge is -1.75. The molecule has 0 heterocycles. The van der Waals surface area contributed by atoms with Crippen molar-refractivity contribution in [2.75, 3.05) is 0 Å². The normalized spacial score (nSPS) is 14.5. The van der Waals surface area contributed by atoms with E-state index < -0.39 is 0 Å². The fourth-order valence-electron chi connectivity index (χ4n) is 1.28. The standard InChI is InChI=1S/C23H26/c1-3-5-7-9-11-13-15-17-19-21-23-22-20-18-16-14-12-10-8-6-4-2/h3-23H,1H2,2H3/b6-4+,7-5+,10-8+,11-9+,14-12+,15-13+,18-16+,19-17+,22-20+,23-21+. The first-order valence-electron chi connectivity index (χ1n) is 7.65. The maximum Gasteiger partial charge on any atom is -0.0467 e. The van der Waals surface area contributed by atoms with Crippen molar-refractivity contribution in [2.24, 2.45) is 0 Å². The number of hydrogen-bond acceptors (Lipinski definition) is 0. The first-order valence-corrected chi connectivity index (χ1v) is 7.65. The van der Waals surface area contributed by atoms with Gasteiger partial charge < -0.3 is 0 Å². The maximum absolute atomic E-state index is 3.60. The molecule has 0 radical (unpaired) electrons. The Balaban J connectivity index is 3.90. The number of hydrogen-bond donors (Lipinski definition) is 0. The minimum absolute atomic E-state index is 1.75. The van der Waals surface area contributed by atoms with E-state index in [1.807, 2.05) is 128 Å². The van der Waals surface area contributed by atoms with Crippen LogP contribution in [0.15, 0.2) is 134 Å². The smallest absolute Gasteiger partial charge is 0.0467 e. The van der Waals surface area contributed by atoms with Crippen molar-refractivity contribution >= 4 is 0 Å². The van der Waals surface area contributed by atoms with Crippen molar-refractivity contribution in [3.8, 4) is 0 Å². The third kappa shape index (κ3) is 19.1. The summed E-state index contributed by atoms with van der Waals surface area (Å²) in [6.07, 6.45) is 41.4. The van der Waals surface area contributed by atoms with Gasteiger partial charge in [-0.1, -0.05) is 134 Å². The highest BCUT2D eigenvalue weighted by Crippen LogP contribution is 1.86. The van der Waals surface area contributed by atoms with Crippen LogP contribution in [0, 0.1) is 0 Å². The molecule has 0 heteroatoms. The van der Waals surface area contributed by atoms with E-state index >= 15 is 0 Å². The Bertz CT molecular complexity index is 565. The average molecular weight is 302 g/mol. The fraction of sp³-hybridized carbons (Fsp3) is 0.0435. The first-order chi connectivity index (χ1) is 11.4. The van der Waals surface area contributed by atoms with Crippen molar-refractivity contribution in [3.63, 3.8) is 0 Å². The van der Waals surface area contributed by atoms with Crippen molar-refractivity contribution in [1.82, 2.24) is 0 Å². The van der Waals surface area contributed by atoms with Gasteiger partial charge in [0.2, 0.25) is 0 Å². The summed E-state index contributed by atoms with van der Waals surface area (Å²) in [6, 6.07) is 0. The predicted octanol–water partition coefficient (Wildman–Crippen LogP) is 6.75. The van der Waals surface area contributed by atoms with Crippen LogP contribution in [0.2, 0.25) is 0 Å². The van der Waals surface area contributed by atoms with Gasteiger partial charge in [0, 0.05) is 0 Å².